The quantitative estimate of drug-likeness (QED) is 0.720. The van der Waals surface area contributed by atoms with Crippen molar-refractivity contribution < 1.29 is 18.3 Å². The molecule has 0 saturated carbocycles. The summed E-state index contributed by atoms with van der Waals surface area (Å²) in [5.74, 6) is -0.829. The van der Waals surface area contributed by atoms with Gasteiger partial charge in [-0.1, -0.05) is 18.0 Å². The van der Waals surface area contributed by atoms with Gasteiger partial charge in [-0.15, -0.1) is 11.3 Å². The number of sulfonamides is 1. The predicted octanol–water partition coefficient (Wildman–Crippen LogP) is 2.63. The van der Waals surface area contributed by atoms with Gasteiger partial charge >= 0.3 is 5.97 Å². The maximum Gasteiger partial charge on any atom is 0.303 e. The first-order chi connectivity index (χ1) is 8.83. The molecule has 0 unspecified atom stereocenters. The van der Waals surface area contributed by atoms with Gasteiger partial charge in [0.2, 0.25) is 10.0 Å². The van der Waals surface area contributed by atoms with Crippen LogP contribution in [0.25, 0.3) is 0 Å². The number of thiophene rings is 1. The van der Waals surface area contributed by atoms with Crippen molar-refractivity contribution in [3.63, 3.8) is 0 Å². The molecule has 0 aliphatic heterocycles. The summed E-state index contributed by atoms with van der Waals surface area (Å²) in [6.45, 7) is 2.06. The molecule has 0 atom stereocenters. The molecule has 0 radical (unpaired) electrons. The second kappa shape index (κ2) is 7.23. The van der Waals surface area contributed by atoms with Gasteiger partial charge in [0.25, 0.3) is 0 Å². The largest absolute Gasteiger partial charge is 0.481 e. The van der Waals surface area contributed by atoms with Crippen LogP contribution in [0.3, 0.4) is 0 Å². The topological polar surface area (TPSA) is 83.5 Å². The molecule has 5 nitrogen and oxygen atoms in total. The number of carboxylic acid groups (broad SMARTS) is 1. The average Bonchev–Trinajstić information content (AvgIpc) is 2.64. The first kappa shape index (κ1) is 16.4. The summed E-state index contributed by atoms with van der Waals surface area (Å²) in [4.78, 5) is 10.3. The Kier molecular flexibility index (Phi) is 6.25. The summed E-state index contributed by atoms with van der Waals surface area (Å²) in [7, 11) is -3.50. The number of nitrogens with one attached hydrogen (secondary N) is 1. The molecule has 0 fully saturated rings. The van der Waals surface area contributed by atoms with Crippen molar-refractivity contribution >= 4 is 38.9 Å². The van der Waals surface area contributed by atoms with E-state index in [9.17, 15) is 13.2 Å². The molecule has 1 aromatic rings. The Bertz CT molecular complexity index is 519. The highest BCUT2D eigenvalue weighted by molar-refractivity contribution is 7.91. The number of hydrogen-bond acceptors (Lipinski definition) is 4. The molecule has 108 valence electrons. The number of unbranched alkanes of at least 4 members (excludes halogenated alkanes) is 2. The van der Waals surface area contributed by atoms with Crippen LogP contribution in [0.5, 0.6) is 0 Å². The molecule has 0 spiro atoms. The molecule has 1 rings (SSSR count). The Hall–Kier alpha value is -0.630. The third-order valence-electron chi connectivity index (χ3n) is 2.46. The lowest BCUT2D eigenvalue weighted by molar-refractivity contribution is -0.137. The first-order valence-corrected chi connectivity index (χ1v) is 8.48. The van der Waals surface area contributed by atoms with Crippen LogP contribution in [0.1, 0.15) is 31.2 Å². The van der Waals surface area contributed by atoms with Crippen LogP contribution in [0.4, 0.5) is 0 Å². The van der Waals surface area contributed by atoms with E-state index < -0.39 is 16.0 Å². The SMILES string of the molecule is Cc1cc(S(=O)(=O)NCCCCCC(=O)O)sc1Cl. The fourth-order valence-electron chi connectivity index (χ4n) is 1.42. The van der Waals surface area contributed by atoms with Gasteiger partial charge in [0.1, 0.15) is 4.21 Å². The van der Waals surface area contributed by atoms with Crippen LogP contribution in [-0.4, -0.2) is 26.0 Å². The van der Waals surface area contributed by atoms with E-state index in [1.807, 2.05) is 0 Å². The number of carboxylic acids is 1. The van der Waals surface area contributed by atoms with Crippen LogP contribution in [0.2, 0.25) is 4.34 Å². The predicted molar refractivity (Wildman–Crippen MR) is 75.4 cm³/mol. The summed E-state index contributed by atoms with van der Waals surface area (Å²) in [6, 6.07) is 1.54. The van der Waals surface area contributed by atoms with Gasteiger partial charge in [0.15, 0.2) is 0 Å². The summed E-state index contributed by atoms with van der Waals surface area (Å²) in [5, 5.41) is 8.45. The standard InChI is InChI=1S/C11H16ClNO4S2/c1-8-7-10(18-11(8)12)19(16,17)13-6-4-2-3-5-9(14)15/h7,13H,2-6H2,1H3,(H,14,15). The van der Waals surface area contributed by atoms with E-state index in [-0.39, 0.29) is 10.6 Å². The number of rotatable bonds is 8. The van der Waals surface area contributed by atoms with Gasteiger partial charge in [-0.2, -0.15) is 0 Å². The summed E-state index contributed by atoms with van der Waals surface area (Å²) < 4.78 is 26.9. The Balaban J connectivity index is 2.37. The lowest BCUT2D eigenvalue weighted by atomic mass is 10.2. The minimum atomic E-state index is -3.50. The zero-order valence-electron chi connectivity index (χ0n) is 10.5. The second-order valence-corrected chi connectivity index (χ2v) is 7.77. The summed E-state index contributed by atoms with van der Waals surface area (Å²) in [5.41, 5.74) is 0.744. The third kappa shape index (κ3) is 5.48. The smallest absolute Gasteiger partial charge is 0.303 e. The molecule has 1 aromatic heterocycles. The van der Waals surface area contributed by atoms with E-state index in [1.165, 1.54) is 0 Å². The Labute approximate surface area is 121 Å². The highest BCUT2D eigenvalue weighted by atomic mass is 35.5. The highest BCUT2D eigenvalue weighted by Gasteiger charge is 2.17. The normalized spacial score (nSPS) is 11.7. The lowest BCUT2D eigenvalue weighted by Crippen LogP contribution is -2.24. The molecular weight excluding hydrogens is 310 g/mol. The molecule has 0 amide bonds. The van der Waals surface area contributed by atoms with Crippen molar-refractivity contribution in [3.05, 3.63) is 16.0 Å². The number of hydrogen-bond donors (Lipinski definition) is 2. The van der Waals surface area contributed by atoms with Crippen LogP contribution in [0, 0.1) is 6.92 Å². The van der Waals surface area contributed by atoms with E-state index in [1.54, 1.807) is 13.0 Å². The Morgan fingerprint density at radius 1 is 1.42 bits per heavy atom. The molecule has 8 heteroatoms. The van der Waals surface area contributed by atoms with Crippen LogP contribution < -0.4 is 4.72 Å². The van der Waals surface area contributed by atoms with Gasteiger partial charge in [-0.25, -0.2) is 13.1 Å². The average molecular weight is 326 g/mol. The summed E-state index contributed by atoms with van der Waals surface area (Å²) >= 11 is 6.87. The molecule has 0 bridgehead atoms. The zero-order valence-corrected chi connectivity index (χ0v) is 12.9. The van der Waals surface area contributed by atoms with Crippen molar-refractivity contribution in [1.29, 1.82) is 0 Å². The van der Waals surface area contributed by atoms with E-state index in [4.69, 9.17) is 16.7 Å². The second-order valence-electron chi connectivity index (χ2n) is 4.12. The minimum absolute atomic E-state index is 0.118. The first-order valence-electron chi connectivity index (χ1n) is 5.80. The fraction of sp³-hybridized carbons (Fsp3) is 0.545. The molecule has 0 aromatic carbocycles. The molecular formula is C11H16ClNO4S2. The number of aryl methyl sites for hydroxylation is 1. The minimum Gasteiger partial charge on any atom is -0.481 e. The van der Waals surface area contributed by atoms with Crippen LogP contribution >= 0.6 is 22.9 Å². The van der Waals surface area contributed by atoms with Crippen LogP contribution in [-0.2, 0) is 14.8 Å². The van der Waals surface area contributed by atoms with Gasteiger partial charge in [0.05, 0.1) is 4.34 Å². The number of halogens is 1. The zero-order chi connectivity index (χ0) is 14.5. The highest BCUT2D eigenvalue weighted by Crippen LogP contribution is 2.29. The van der Waals surface area contributed by atoms with Crippen molar-refractivity contribution in [1.82, 2.24) is 4.72 Å². The van der Waals surface area contributed by atoms with E-state index in [2.05, 4.69) is 4.72 Å². The molecule has 0 aliphatic rings. The van der Waals surface area contributed by atoms with Crippen LogP contribution in [0.15, 0.2) is 10.3 Å². The molecule has 1 heterocycles. The van der Waals surface area contributed by atoms with Crippen molar-refractivity contribution in [2.24, 2.45) is 0 Å². The van der Waals surface area contributed by atoms with Crippen molar-refractivity contribution in [2.75, 3.05) is 6.54 Å². The summed E-state index contributed by atoms with van der Waals surface area (Å²) in [6.07, 6.45) is 1.97. The Morgan fingerprint density at radius 2 is 2.11 bits per heavy atom. The maximum atomic E-state index is 11.9. The number of carbonyl (C=O) groups is 1. The van der Waals surface area contributed by atoms with Gasteiger partial charge < -0.3 is 5.11 Å². The Morgan fingerprint density at radius 3 is 2.63 bits per heavy atom. The van der Waals surface area contributed by atoms with Gasteiger partial charge in [0, 0.05) is 13.0 Å². The maximum absolute atomic E-state index is 11.9. The third-order valence-corrected chi connectivity index (χ3v) is 5.95. The van der Waals surface area contributed by atoms with E-state index in [0.717, 1.165) is 16.9 Å². The van der Waals surface area contributed by atoms with Crippen molar-refractivity contribution in [3.8, 4) is 0 Å². The molecule has 19 heavy (non-hydrogen) atoms. The molecule has 0 aliphatic carbocycles. The van der Waals surface area contributed by atoms with E-state index >= 15 is 0 Å². The van der Waals surface area contributed by atoms with Gasteiger partial charge in [-0.05, 0) is 31.4 Å². The molecule has 2 N–H and O–H groups in total. The monoisotopic (exact) mass is 325 g/mol. The fourth-order valence-corrected chi connectivity index (χ4v) is 4.25. The van der Waals surface area contributed by atoms with E-state index in [0.29, 0.717) is 30.1 Å². The number of aliphatic carboxylic acids is 1. The van der Waals surface area contributed by atoms with Crippen molar-refractivity contribution in [2.45, 2.75) is 36.8 Å². The van der Waals surface area contributed by atoms with Gasteiger partial charge in [-0.3, -0.25) is 4.79 Å². The lowest BCUT2D eigenvalue weighted by Gasteiger charge is -2.04. The molecule has 0 saturated heterocycles.